The minimum atomic E-state index is -0.764. The molecule has 2 aromatic carbocycles. The number of piperidine rings is 1. The number of nitrogens with one attached hydrogen (secondary N) is 1. The molecule has 2 amide bonds. The number of halogens is 3. The zero-order valence-electron chi connectivity index (χ0n) is 13.8. The molecule has 0 aliphatic carbocycles. The Morgan fingerprint density at radius 2 is 1.46 bits per heavy atom. The Kier molecular flexibility index (Phi) is 5.25. The van der Waals surface area contributed by atoms with Gasteiger partial charge in [0.1, 0.15) is 17.5 Å². The zero-order chi connectivity index (χ0) is 18.7. The molecule has 0 saturated carbocycles. The van der Waals surface area contributed by atoms with Crippen LogP contribution in [0.15, 0.2) is 42.5 Å². The molecular formula is C19H17F3N2O2. The molecule has 0 unspecified atom stereocenters. The number of likely N-dealkylation sites (tertiary alicyclic amines) is 1. The third-order valence-electron chi connectivity index (χ3n) is 4.37. The monoisotopic (exact) mass is 362 g/mol. The van der Waals surface area contributed by atoms with Crippen molar-refractivity contribution in [2.24, 2.45) is 5.92 Å². The van der Waals surface area contributed by atoms with Gasteiger partial charge in [-0.3, -0.25) is 9.59 Å². The third-order valence-corrected chi connectivity index (χ3v) is 4.37. The second-order valence-corrected chi connectivity index (χ2v) is 6.22. The van der Waals surface area contributed by atoms with Crippen molar-refractivity contribution in [1.82, 2.24) is 4.90 Å². The summed E-state index contributed by atoms with van der Waals surface area (Å²) in [6.45, 7) is 0.762. The first-order chi connectivity index (χ1) is 12.4. The topological polar surface area (TPSA) is 49.4 Å². The van der Waals surface area contributed by atoms with Gasteiger partial charge in [0.2, 0.25) is 5.91 Å². The highest BCUT2D eigenvalue weighted by Crippen LogP contribution is 2.22. The number of hydrogen-bond acceptors (Lipinski definition) is 2. The SMILES string of the molecule is O=C(Nc1cc(F)cc(F)c1)C1CCN(C(=O)c2ccc(F)cc2)CC1. The van der Waals surface area contributed by atoms with E-state index in [2.05, 4.69) is 5.32 Å². The number of benzene rings is 2. The molecule has 0 aromatic heterocycles. The van der Waals surface area contributed by atoms with Crippen LogP contribution in [-0.2, 0) is 4.79 Å². The molecule has 0 bridgehead atoms. The normalized spacial score (nSPS) is 15.0. The molecule has 1 fully saturated rings. The fourth-order valence-corrected chi connectivity index (χ4v) is 2.99. The van der Waals surface area contributed by atoms with Crippen LogP contribution >= 0.6 is 0 Å². The molecule has 0 spiro atoms. The van der Waals surface area contributed by atoms with Gasteiger partial charge in [0, 0.05) is 36.3 Å². The van der Waals surface area contributed by atoms with Crippen molar-refractivity contribution in [1.29, 1.82) is 0 Å². The maximum Gasteiger partial charge on any atom is 0.253 e. The van der Waals surface area contributed by atoms with Crippen LogP contribution in [0.5, 0.6) is 0 Å². The molecule has 2 aromatic rings. The van der Waals surface area contributed by atoms with Crippen LogP contribution in [0.4, 0.5) is 18.9 Å². The van der Waals surface area contributed by atoms with Crippen LogP contribution in [0.1, 0.15) is 23.2 Å². The van der Waals surface area contributed by atoms with Crippen LogP contribution in [0.2, 0.25) is 0 Å². The number of anilines is 1. The third kappa shape index (κ3) is 4.22. The highest BCUT2D eigenvalue weighted by atomic mass is 19.1. The zero-order valence-corrected chi connectivity index (χ0v) is 13.8. The number of hydrogen-bond donors (Lipinski definition) is 1. The summed E-state index contributed by atoms with van der Waals surface area (Å²) in [5.74, 6) is -2.83. The average molecular weight is 362 g/mol. The summed E-state index contributed by atoms with van der Waals surface area (Å²) in [6, 6.07) is 8.14. The minimum absolute atomic E-state index is 0.0670. The van der Waals surface area contributed by atoms with E-state index in [9.17, 15) is 22.8 Å². The van der Waals surface area contributed by atoms with E-state index in [4.69, 9.17) is 0 Å². The lowest BCUT2D eigenvalue weighted by Crippen LogP contribution is -2.41. The van der Waals surface area contributed by atoms with E-state index in [-0.39, 0.29) is 23.4 Å². The largest absolute Gasteiger partial charge is 0.339 e. The average Bonchev–Trinajstić information content (AvgIpc) is 2.61. The molecule has 0 radical (unpaired) electrons. The predicted molar refractivity (Wildman–Crippen MR) is 90.0 cm³/mol. The summed E-state index contributed by atoms with van der Waals surface area (Å²) in [4.78, 5) is 26.3. The Balaban J connectivity index is 1.56. The van der Waals surface area contributed by atoms with E-state index >= 15 is 0 Å². The molecule has 1 N–H and O–H groups in total. The lowest BCUT2D eigenvalue weighted by Gasteiger charge is -2.31. The first-order valence-electron chi connectivity index (χ1n) is 8.24. The van der Waals surface area contributed by atoms with E-state index < -0.39 is 17.5 Å². The molecule has 1 aliphatic rings. The van der Waals surface area contributed by atoms with Crippen LogP contribution < -0.4 is 5.32 Å². The summed E-state index contributed by atoms with van der Waals surface area (Å²) < 4.78 is 39.3. The molecule has 3 rings (SSSR count). The van der Waals surface area contributed by atoms with E-state index in [0.717, 1.165) is 18.2 Å². The molecular weight excluding hydrogens is 345 g/mol. The highest BCUT2D eigenvalue weighted by molar-refractivity contribution is 5.95. The standard InChI is InChI=1S/C19H17F3N2O2/c20-14-3-1-13(2-4-14)19(26)24-7-5-12(6-8-24)18(25)23-17-10-15(21)9-16(22)11-17/h1-4,9-12H,5-8H2,(H,23,25). The number of carbonyl (C=O) groups excluding carboxylic acids is 2. The number of carbonyl (C=O) groups is 2. The van der Waals surface area contributed by atoms with Crippen molar-refractivity contribution < 1.29 is 22.8 Å². The van der Waals surface area contributed by atoms with Crippen LogP contribution in [-0.4, -0.2) is 29.8 Å². The van der Waals surface area contributed by atoms with Crippen molar-refractivity contribution in [3.63, 3.8) is 0 Å². The van der Waals surface area contributed by atoms with E-state index in [0.29, 0.717) is 31.5 Å². The van der Waals surface area contributed by atoms with Crippen molar-refractivity contribution in [3.8, 4) is 0 Å². The van der Waals surface area contributed by atoms with Crippen LogP contribution in [0, 0.1) is 23.4 Å². The van der Waals surface area contributed by atoms with Crippen LogP contribution in [0.3, 0.4) is 0 Å². The molecule has 0 atom stereocenters. The summed E-state index contributed by atoms with van der Waals surface area (Å²) in [7, 11) is 0. The second-order valence-electron chi connectivity index (χ2n) is 6.22. The van der Waals surface area contributed by atoms with Crippen molar-refractivity contribution in [2.45, 2.75) is 12.8 Å². The molecule has 136 valence electrons. The lowest BCUT2D eigenvalue weighted by atomic mass is 9.95. The van der Waals surface area contributed by atoms with Crippen molar-refractivity contribution in [3.05, 3.63) is 65.5 Å². The molecule has 26 heavy (non-hydrogen) atoms. The van der Waals surface area contributed by atoms with Gasteiger partial charge in [0.05, 0.1) is 0 Å². The molecule has 4 nitrogen and oxygen atoms in total. The smallest absolute Gasteiger partial charge is 0.253 e. The Morgan fingerprint density at radius 1 is 0.885 bits per heavy atom. The number of rotatable bonds is 3. The van der Waals surface area contributed by atoms with Crippen LogP contribution in [0.25, 0.3) is 0 Å². The Hall–Kier alpha value is -2.83. The Bertz CT molecular complexity index is 796. The number of nitrogens with zero attached hydrogens (tertiary/aromatic N) is 1. The number of amides is 2. The lowest BCUT2D eigenvalue weighted by molar-refractivity contribution is -0.121. The Labute approximate surface area is 148 Å². The fourth-order valence-electron chi connectivity index (χ4n) is 2.99. The quantitative estimate of drug-likeness (QED) is 0.907. The van der Waals surface area contributed by atoms with E-state index in [1.165, 1.54) is 24.3 Å². The minimum Gasteiger partial charge on any atom is -0.339 e. The van der Waals surface area contributed by atoms with Gasteiger partial charge in [-0.25, -0.2) is 13.2 Å². The molecule has 1 heterocycles. The first kappa shape index (κ1) is 18.0. The Morgan fingerprint density at radius 3 is 2.04 bits per heavy atom. The highest BCUT2D eigenvalue weighted by Gasteiger charge is 2.28. The van der Waals surface area contributed by atoms with Gasteiger partial charge in [0.25, 0.3) is 5.91 Å². The van der Waals surface area contributed by atoms with Gasteiger partial charge in [0.15, 0.2) is 0 Å². The molecule has 1 saturated heterocycles. The van der Waals surface area contributed by atoms with Gasteiger partial charge >= 0.3 is 0 Å². The summed E-state index contributed by atoms with van der Waals surface area (Å²) in [5, 5.41) is 2.51. The fraction of sp³-hybridized carbons (Fsp3) is 0.263. The van der Waals surface area contributed by atoms with Gasteiger partial charge in [-0.15, -0.1) is 0 Å². The van der Waals surface area contributed by atoms with Gasteiger partial charge in [-0.2, -0.15) is 0 Å². The predicted octanol–water partition coefficient (Wildman–Crippen LogP) is 3.59. The van der Waals surface area contributed by atoms with E-state index in [1.54, 1.807) is 4.90 Å². The summed E-state index contributed by atoms with van der Waals surface area (Å²) in [6.07, 6.45) is 0.882. The molecule has 1 aliphatic heterocycles. The van der Waals surface area contributed by atoms with Gasteiger partial charge in [-0.05, 0) is 49.2 Å². The van der Waals surface area contributed by atoms with Crippen molar-refractivity contribution >= 4 is 17.5 Å². The second kappa shape index (κ2) is 7.59. The molecule has 7 heteroatoms. The van der Waals surface area contributed by atoms with Crippen molar-refractivity contribution in [2.75, 3.05) is 18.4 Å². The maximum atomic E-state index is 13.2. The van der Waals surface area contributed by atoms with Gasteiger partial charge < -0.3 is 10.2 Å². The van der Waals surface area contributed by atoms with Gasteiger partial charge in [-0.1, -0.05) is 0 Å². The maximum absolute atomic E-state index is 13.2. The summed E-state index contributed by atoms with van der Waals surface area (Å²) >= 11 is 0. The van der Waals surface area contributed by atoms with E-state index in [1.807, 2.05) is 0 Å². The first-order valence-corrected chi connectivity index (χ1v) is 8.24. The summed E-state index contributed by atoms with van der Waals surface area (Å²) in [5.41, 5.74) is 0.460.